The minimum atomic E-state index is -3.98. The van der Waals surface area contributed by atoms with E-state index in [1.807, 2.05) is 30.3 Å². The number of benzene rings is 2. The van der Waals surface area contributed by atoms with Crippen molar-refractivity contribution in [3.05, 3.63) is 71.4 Å². The molecule has 1 aromatic heterocycles. The molecule has 0 fully saturated rings. The predicted molar refractivity (Wildman–Crippen MR) is 131 cm³/mol. The number of aryl methyl sites for hydroxylation is 1. The first kappa shape index (κ1) is 23.1. The molecule has 9 heteroatoms. The monoisotopic (exact) mass is 490 g/mol. The lowest BCUT2D eigenvalue weighted by Gasteiger charge is -2.20. The average Bonchev–Trinajstić information content (AvgIpc) is 3.11. The Labute approximate surface area is 197 Å². The van der Waals surface area contributed by atoms with Crippen molar-refractivity contribution in [2.75, 3.05) is 23.7 Å². The van der Waals surface area contributed by atoms with Crippen molar-refractivity contribution in [2.24, 2.45) is 0 Å². The van der Waals surface area contributed by atoms with Crippen LogP contribution in [0.4, 0.5) is 5.69 Å². The van der Waals surface area contributed by atoms with Crippen LogP contribution in [-0.4, -0.2) is 31.8 Å². The fraction of sp³-hybridized carbons (Fsp3) is 0.261. The molecule has 0 aliphatic carbocycles. The van der Waals surface area contributed by atoms with Crippen LogP contribution in [0.3, 0.4) is 0 Å². The van der Waals surface area contributed by atoms with E-state index >= 15 is 0 Å². The molecule has 0 unspecified atom stereocenters. The van der Waals surface area contributed by atoms with Crippen LogP contribution in [0.1, 0.15) is 18.4 Å². The highest BCUT2D eigenvalue weighted by Gasteiger charge is 2.25. The lowest BCUT2D eigenvalue weighted by molar-refractivity contribution is -0.671. The van der Waals surface area contributed by atoms with Crippen LogP contribution in [0, 0.1) is 0 Å². The molecular formula is C23H25ClN3O3S2+. The molecule has 0 bridgehead atoms. The third-order valence-corrected chi connectivity index (χ3v) is 7.43. The van der Waals surface area contributed by atoms with E-state index in [9.17, 15) is 8.42 Å². The second-order valence-corrected chi connectivity index (χ2v) is 10.5. The van der Waals surface area contributed by atoms with Gasteiger partial charge in [-0.15, -0.1) is 0 Å². The van der Waals surface area contributed by atoms with Crippen LogP contribution in [0.25, 0.3) is 17.0 Å². The molecule has 2 aromatic carbocycles. The summed E-state index contributed by atoms with van der Waals surface area (Å²) in [7, 11) is -3.98. The van der Waals surface area contributed by atoms with E-state index in [2.05, 4.69) is 50.8 Å². The summed E-state index contributed by atoms with van der Waals surface area (Å²) in [4.78, 5) is 5.94. The van der Waals surface area contributed by atoms with Crippen molar-refractivity contribution in [1.29, 1.82) is 0 Å². The summed E-state index contributed by atoms with van der Waals surface area (Å²) >= 11 is 7.27. The number of anilines is 1. The summed E-state index contributed by atoms with van der Waals surface area (Å²) in [5.41, 5.74) is 3.31. The second kappa shape index (κ2) is 10.2. The van der Waals surface area contributed by atoms with Crippen molar-refractivity contribution >= 4 is 56.3 Å². The number of aromatic nitrogens is 1. The number of nitrogens with one attached hydrogen (secondary N) is 1. The minimum Gasteiger partial charge on any atom is -0.335 e. The lowest BCUT2D eigenvalue weighted by Crippen LogP contribution is -2.35. The molecule has 32 heavy (non-hydrogen) atoms. The zero-order chi connectivity index (χ0) is 22.6. The number of pyridine rings is 1. The Kier molecular flexibility index (Phi) is 7.37. The molecule has 2 N–H and O–H groups in total. The van der Waals surface area contributed by atoms with Gasteiger partial charge in [0.05, 0.1) is 21.9 Å². The number of halogens is 1. The van der Waals surface area contributed by atoms with E-state index in [1.54, 1.807) is 11.8 Å². The molecule has 0 saturated carbocycles. The van der Waals surface area contributed by atoms with Gasteiger partial charge in [0, 0.05) is 36.5 Å². The number of thioether (sulfide) groups is 1. The summed E-state index contributed by atoms with van der Waals surface area (Å²) in [6.07, 6.45) is 5.52. The third kappa shape index (κ3) is 5.44. The normalized spacial score (nSPS) is 14.9. The lowest BCUT2D eigenvalue weighted by atomic mass is 10.1. The summed E-state index contributed by atoms with van der Waals surface area (Å²) in [6.45, 7) is 2.10. The Hall–Kier alpha value is -2.10. The molecule has 0 radical (unpaired) electrons. The molecule has 0 saturated heterocycles. The van der Waals surface area contributed by atoms with E-state index in [-0.39, 0.29) is 5.75 Å². The summed E-state index contributed by atoms with van der Waals surface area (Å²) in [5.74, 6) is -0.255. The maximum atomic E-state index is 11.2. The molecule has 6 nitrogen and oxygen atoms in total. The Balaban J connectivity index is 1.67. The first-order valence-corrected chi connectivity index (χ1v) is 13.2. The number of hydrogen-bond acceptors (Lipinski definition) is 5. The van der Waals surface area contributed by atoms with Gasteiger partial charge in [-0.2, -0.15) is 13.0 Å². The minimum absolute atomic E-state index is 0.255. The third-order valence-electron chi connectivity index (χ3n) is 5.33. The van der Waals surface area contributed by atoms with Crippen LogP contribution in [0.5, 0.6) is 0 Å². The maximum Gasteiger partial charge on any atom is 0.264 e. The molecular weight excluding hydrogens is 466 g/mol. The summed E-state index contributed by atoms with van der Waals surface area (Å²) in [5, 5.41) is 2.19. The fourth-order valence-corrected chi connectivity index (χ4v) is 5.64. The van der Waals surface area contributed by atoms with E-state index < -0.39 is 10.1 Å². The SMILES string of the molecule is O=S(=O)(O)CCCN1/C(=C/c2cc[n+](CCCNCl)c3ccccc23)Sc2ccccc21. The van der Waals surface area contributed by atoms with Crippen molar-refractivity contribution in [2.45, 2.75) is 24.3 Å². The van der Waals surface area contributed by atoms with Crippen LogP contribution >= 0.6 is 23.5 Å². The first-order chi connectivity index (χ1) is 15.5. The number of nitrogens with zero attached hydrogens (tertiary/aromatic N) is 2. The number of rotatable bonds is 9. The number of para-hydroxylation sites is 2. The second-order valence-electron chi connectivity index (χ2n) is 7.56. The van der Waals surface area contributed by atoms with Crippen LogP contribution in [-0.2, 0) is 16.7 Å². The zero-order valence-electron chi connectivity index (χ0n) is 17.4. The molecule has 3 aromatic rings. The van der Waals surface area contributed by atoms with Gasteiger partial charge in [0.25, 0.3) is 10.1 Å². The van der Waals surface area contributed by atoms with Crippen LogP contribution < -0.4 is 14.3 Å². The molecule has 2 heterocycles. The average molecular weight is 491 g/mol. The molecule has 1 aliphatic rings. The van der Waals surface area contributed by atoms with Gasteiger partial charge >= 0.3 is 0 Å². The Morgan fingerprint density at radius 1 is 1.09 bits per heavy atom. The van der Waals surface area contributed by atoms with Crippen molar-refractivity contribution in [3.8, 4) is 0 Å². The van der Waals surface area contributed by atoms with E-state index in [1.165, 1.54) is 0 Å². The highest BCUT2D eigenvalue weighted by Crippen LogP contribution is 2.46. The predicted octanol–water partition coefficient (Wildman–Crippen LogP) is 4.45. The largest absolute Gasteiger partial charge is 0.335 e. The van der Waals surface area contributed by atoms with E-state index in [0.717, 1.165) is 51.6 Å². The van der Waals surface area contributed by atoms with Gasteiger partial charge in [-0.05, 0) is 48.0 Å². The van der Waals surface area contributed by atoms with Gasteiger partial charge in [-0.3, -0.25) is 4.55 Å². The molecule has 0 spiro atoms. The van der Waals surface area contributed by atoms with Crippen LogP contribution in [0.15, 0.2) is 70.7 Å². The van der Waals surface area contributed by atoms with Crippen LogP contribution in [0.2, 0.25) is 0 Å². The number of fused-ring (bicyclic) bond motifs is 2. The number of hydrogen-bond donors (Lipinski definition) is 2. The van der Waals surface area contributed by atoms with Gasteiger partial charge in [0.2, 0.25) is 5.52 Å². The Morgan fingerprint density at radius 2 is 1.88 bits per heavy atom. The summed E-state index contributed by atoms with van der Waals surface area (Å²) < 4.78 is 33.8. The molecule has 168 valence electrons. The Morgan fingerprint density at radius 3 is 2.69 bits per heavy atom. The van der Waals surface area contributed by atoms with Gasteiger partial charge < -0.3 is 4.90 Å². The van der Waals surface area contributed by atoms with Gasteiger partial charge in [-0.1, -0.05) is 36.0 Å². The summed E-state index contributed by atoms with van der Waals surface area (Å²) in [6, 6.07) is 18.5. The quantitative estimate of drug-likeness (QED) is 0.200. The topological polar surface area (TPSA) is 73.5 Å². The van der Waals surface area contributed by atoms with Crippen molar-refractivity contribution in [1.82, 2.24) is 4.84 Å². The van der Waals surface area contributed by atoms with Crippen molar-refractivity contribution < 1.29 is 17.5 Å². The van der Waals surface area contributed by atoms with E-state index in [4.69, 9.17) is 16.3 Å². The van der Waals surface area contributed by atoms with Gasteiger partial charge in [0.1, 0.15) is 6.54 Å². The standard InChI is InChI=1S/C23H24ClN3O3S2/c24-25-12-5-13-26-15-11-18(19-7-1-2-8-20(19)26)17-23-27(14-6-16-32(28,29)30)21-9-3-4-10-22(21)31-23/h1-4,7-11,15,17,25H,5-6,12-14,16H2/p+1. The first-order valence-electron chi connectivity index (χ1n) is 10.4. The Bertz CT molecular complexity index is 1250. The molecule has 0 amide bonds. The molecule has 1 aliphatic heterocycles. The molecule has 0 atom stereocenters. The molecule has 4 rings (SSSR count). The highest BCUT2D eigenvalue weighted by atomic mass is 35.5. The van der Waals surface area contributed by atoms with E-state index in [0.29, 0.717) is 13.0 Å². The highest BCUT2D eigenvalue weighted by molar-refractivity contribution is 8.03. The van der Waals surface area contributed by atoms with Crippen molar-refractivity contribution in [3.63, 3.8) is 0 Å². The zero-order valence-corrected chi connectivity index (χ0v) is 19.8. The van der Waals surface area contributed by atoms with Gasteiger partial charge in [-0.25, -0.2) is 4.84 Å². The fourth-order valence-electron chi connectivity index (χ4n) is 3.87. The smallest absolute Gasteiger partial charge is 0.264 e. The maximum absolute atomic E-state index is 11.2. The van der Waals surface area contributed by atoms with Gasteiger partial charge in [0.15, 0.2) is 6.20 Å².